The van der Waals surface area contributed by atoms with Gasteiger partial charge < -0.3 is 4.74 Å². The zero-order valence-corrected chi connectivity index (χ0v) is 14.0. The Morgan fingerprint density at radius 2 is 1.85 bits per heavy atom. The number of esters is 1. The van der Waals surface area contributed by atoms with Gasteiger partial charge in [0.2, 0.25) is 0 Å². The van der Waals surface area contributed by atoms with E-state index >= 15 is 0 Å². The molecule has 9 heteroatoms. The van der Waals surface area contributed by atoms with Crippen molar-refractivity contribution in [2.75, 3.05) is 0 Å². The average molecular weight is 379 g/mol. The van der Waals surface area contributed by atoms with Crippen LogP contribution >= 0.6 is 0 Å². The lowest BCUT2D eigenvalue weighted by Crippen LogP contribution is -2.09. The first kappa shape index (κ1) is 18.6. The zero-order valence-electron chi connectivity index (χ0n) is 14.0. The molecular weight excluding hydrogens is 366 g/mol. The molecule has 0 unspecified atom stereocenters. The lowest BCUT2D eigenvalue weighted by molar-refractivity contribution is -0.137. The Kier molecular flexibility index (Phi) is 4.93. The van der Waals surface area contributed by atoms with Crippen LogP contribution in [0.3, 0.4) is 0 Å². The fraction of sp³-hybridized carbons (Fsp3) is 0.167. The standard InChI is InChI=1S/C18H13F4N3O2/c1-11-16(23-24-25(11)15-7-5-14(19)6-8-15)17(26)27-10-12-3-2-4-13(9-12)18(20,21)22/h2-9H,10H2,1H3. The van der Waals surface area contributed by atoms with Crippen LogP contribution in [0.4, 0.5) is 17.6 Å². The predicted molar refractivity (Wildman–Crippen MR) is 86.6 cm³/mol. The zero-order chi connectivity index (χ0) is 19.6. The lowest BCUT2D eigenvalue weighted by Gasteiger charge is -2.09. The molecule has 0 aliphatic heterocycles. The summed E-state index contributed by atoms with van der Waals surface area (Å²) in [7, 11) is 0. The van der Waals surface area contributed by atoms with E-state index in [1.165, 1.54) is 41.1 Å². The molecule has 0 spiro atoms. The Morgan fingerprint density at radius 1 is 1.15 bits per heavy atom. The lowest BCUT2D eigenvalue weighted by atomic mass is 10.1. The smallest absolute Gasteiger partial charge is 0.416 e. The van der Waals surface area contributed by atoms with Crippen molar-refractivity contribution in [3.05, 3.63) is 76.9 Å². The highest BCUT2D eigenvalue weighted by Crippen LogP contribution is 2.29. The fourth-order valence-electron chi connectivity index (χ4n) is 2.40. The van der Waals surface area contributed by atoms with Gasteiger partial charge >= 0.3 is 12.1 Å². The molecule has 0 aliphatic carbocycles. The summed E-state index contributed by atoms with van der Waals surface area (Å²) in [6.07, 6.45) is -4.48. The van der Waals surface area contributed by atoms with E-state index in [4.69, 9.17) is 4.74 Å². The van der Waals surface area contributed by atoms with E-state index in [0.717, 1.165) is 12.1 Å². The van der Waals surface area contributed by atoms with Gasteiger partial charge in [-0.15, -0.1) is 5.10 Å². The van der Waals surface area contributed by atoms with Gasteiger partial charge in [0.05, 0.1) is 16.9 Å². The number of rotatable bonds is 4. The maximum atomic E-state index is 13.0. The minimum absolute atomic E-state index is 0.0775. The van der Waals surface area contributed by atoms with Crippen LogP contribution in [0.1, 0.15) is 27.3 Å². The first-order chi connectivity index (χ1) is 12.8. The van der Waals surface area contributed by atoms with Crippen LogP contribution in [0, 0.1) is 12.7 Å². The molecule has 0 atom stereocenters. The number of benzene rings is 2. The van der Waals surface area contributed by atoms with Crippen LogP contribution < -0.4 is 0 Å². The van der Waals surface area contributed by atoms with Crippen molar-refractivity contribution in [1.82, 2.24) is 15.0 Å². The van der Waals surface area contributed by atoms with Crippen LogP contribution in [0.15, 0.2) is 48.5 Å². The minimum Gasteiger partial charge on any atom is -0.456 e. The van der Waals surface area contributed by atoms with Gasteiger partial charge in [-0.3, -0.25) is 0 Å². The van der Waals surface area contributed by atoms with E-state index < -0.39 is 23.5 Å². The van der Waals surface area contributed by atoms with Gasteiger partial charge in [-0.2, -0.15) is 13.2 Å². The monoisotopic (exact) mass is 379 g/mol. The van der Waals surface area contributed by atoms with E-state index in [9.17, 15) is 22.4 Å². The van der Waals surface area contributed by atoms with E-state index in [1.54, 1.807) is 6.92 Å². The Balaban J connectivity index is 1.73. The molecule has 0 N–H and O–H groups in total. The van der Waals surface area contributed by atoms with Crippen LogP contribution in [-0.2, 0) is 17.5 Å². The maximum absolute atomic E-state index is 13.0. The molecule has 27 heavy (non-hydrogen) atoms. The molecule has 0 fully saturated rings. The van der Waals surface area contributed by atoms with Crippen LogP contribution in [0.5, 0.6) is 0 Å². The number of aromatic nitrogens is 3. The van der Waals surface area contributed by atoms with Crippen molar-refractivity contribution in [2.45, 2.75) is 19.7 Å². The molecule has 0 aliphatic rings. The predicted octanol–water partition coefficient (Wildman–Crippen LogP) is 4.09. The number of halogens is 4. The van der Waals surface area contributed by atoms with E-state index in [2.05, 4.69) is 10.3 Å². The number of hydrogen-bond donors (Lipinski definition) is 0. The van der Waals surface area contributed by atoms with Gasteiger partial charge in [-0.05, 0) is 48.9 Å². The molecule has 0 saturated carbocycles. The average Bonchev–Trinajstić information content (AvgIpc) is 3.01. The van der Waals surface area contributed by atoms with E-state index in [1.807, 2.05) is 0 Å². The molecule has 1 aromatic heterocycles. The number of nitrogens with zero attached hydrogens (tertiary/aromatic N) is 3. The third-order valence-corrected chi connectivity index (χ3v) is 3.78. The van der Waals surface area contributed by atoms with Gasteiger partial charge in [-0.1, -0.05) is 17.3 Å². The Labute approximate surface area is 151 Å². The SMILES string of the molecule is Cc1c(C(=O)OCc2cccc(C(F)(F)F)c2)nnn1-c1ccc(F)cc1. The van der Waals surface area contributed by atoms with E-state index in [0.29, 0.717) is 11.4 Å². The van der Waals surface area contributed by atoms with Gasteiger partial charge in [-0.25, -0.2) is 13.9 Å². The third-order valence-electron chi connectivity index (χ3n) is 3.78. The molecular formula is C18H13F4N3O2. The van der Waals surface area contributed by atoms with Gasteiger partial charge in [0, 0.05) is 0 Å². The molecule has 3 rings (SSSR count). The quantitative estimate of drug-likeness (QED) is 0.506. The second-order valence-electron chi connectivity index (χ2n) is 5.69. The number of alkyl halides is 3. The second kappa shape index (κ2) is 7.18. The molecule has 0 amide bonds. The van der Waals surface area contributed by atoms with Gasteiger partial charge in [0.25, 0.3) is 0 Å². The molecule has 0 radical (unpaired) electrons. The number of hydrogen-bond acceptors (Lipinski definition) is 4. The summed E-state index contributed by atoms with van der Waals surface area (Å²) >= 11 is 0. The molecule has 0 saturated heterocycles. The van der Waals surface area contributed by atoms with Crippen molar-refractivity contribution in [3.63, 3.8) is 0 Å². The van der Waals surface area contributed by atoms with Crippen molar-refractivity contribution >= 4 is 5.97 Å². The summed E-state index contributed by atoms with van der Waals surface area (Å²) in [5.41, 5.74) is 0.150. The summed E-state index contributed by atoms with van der Waals surface area (Å²) in [6, 6.07) is 9.92. The topological polar surface area (TPSA) is 57.0 Å². The molecule has 2 aromatic carbocycles. The minimum atomic E-state index is -4.48. The summed E-state index contributed by atoms with van der Waals surface area (Å²) in [5.74, 6) is -1.24. The number of carbonyl (C=O) groups is 1. The van der Waals surface area contributed by atoms with Crippen molar-refractivity contribution in [1.29, 1.82) is 0 Å². The maximum Gasteiger partial charge on any atom is 0.416 e. The molecule has 0 bridgehead atoms. The van der Waals surface area contributed by atoms with Gasteiger partial charge in [0.1, 0.15) is 12.4 Å². The Bertz CT molecular complexity index is 965. The summed E-state index contributed by atoms with van der Waals surface area (Å²) < 4.78 is 57.6. The highest BCUT2D eigenvalue weighted by Gasteiger charge is 2.30. The summed E-state index contributed by atoms with van der Waals surface area (Å²) in [5, 5.41) is 7.58. The molecule has 5 nitrogen and oxygen atoms in total. The summed E-state index contributed by atoms with van der Waals surface area (Å²) in [6.45, 7) is 1.23. The van der Waals surface area contributed by atoms with Gasteiger partial charge in [0.15, 0.2) is 5.69 Å². The van der Waals surface area contributed by atoms with Crippen LogP contribution in [0.2, 0.25) is 0 Å². The number of ether oxygens (including phenoxy) is 1. The molecule has 1 heterocycles. The van der Waals surface area contributed by atoms with Crippen molar-refractivity contribution in [3.8, 4) is 5.69 Å². The van der Waals surface area contributed by atoms with Crippen LogP contribution in [0.25, 0.3) is 5.69 Å². The normalized spacial score (nSPS) is 11.4. The first-order valence-electron chi connectivity index (χ1n) is 7.77. The Morgan fingerprint density at radius 3 is 2.52 bits per heavy atom. The second-order valence-corrected chi connectivity index (χ2v) is 5.69. The number of carbonyl (C=O) groups excluding carboxylic acids is 1. The highest BCUT2D eigenvalue weighted by molar-refractivity contribution is 5.88. The summed E-state index contributed by atoms with van der Waals surface area (Å²) in [4.78, 5) is 12.2. The van der Waals surface area contributed by atoms with E-state index in [-0.39, 0.29) is 17.9 Å². The van der Waals surface area contributed by atoms with Crippen molar-refractivity contribution < 1.29 is 27.1 Å². The Hall–Kier alpha value is -3.23. The van der Waals surface area contributed by atoms with Crippen LogP contribution in [-0.4, -0.2) is 21.0 Å². The van der Waals surface area contributed by atoms with Crippen molar-refractivity contribution in [2.24, 2.45) is 0 Å². The molecule has 140 valence electrons. The highest BCUT2D eigenvalue weighted by atomic mass is 19.4. The fourth-order valence-corrected chi connectivity index (χ4v) is 2.40. The largest absolute Gasteiger partial charge is 0.456 e. The molecule has 3 aromatic rings. The third kappa shape index (κ3) is 4.13. The first-order valence-corrected chi connectivity index (χ1v) is 7.77.